The SMILES string of the molecule is CCN(CC)S(=O)(=O)c1ccc(NC(=O)C(C)Sc2cc(-c3ccccc3)nc(C)n2)cc1. The van der Waals surface area contributed by atoms with Crippen LogP contribution < -0.4 is 5.32 Å². The fraction of sp³-hybridized carbons (Fsp3) is 0.292. The van der Waals surface area contributed by atoms with Crippen molar-refractivity contribution < 1.29 is 13.2 Å². The Bertz CT molecular complexity index is 1200. The molecule has 7 nitrogen and oxygen atoms in total. The van der Waals surface area contributed by atoms with Gasteiger partial charge >= 0.3 is 0 Å². The quantitative estimate of drug-likeness (QED) is 0.352. The number of anilines is 1. The molecule has 1 aromatic heterocycles. The molecule has 0 aliphatic heterocycles. The van der Waals surface area contributed by atoms with Crippen molar-refractivity contribution in [2.45, 2.75) is 42.9 Å². The number of nitrogens with zero attached hydrogens (tertiary/aromatic N) is 3. The molecule has 0 spiro atoms. The summed E-state index contributed by atoms with van der Waals surface area (Å²) in [6.45, 7) is 8.04. The van der Waals surface area contributed by atoms with Gasteiger partial charge in [0, 0.05) is 24.3 Å². The Morgan fingerprint density at radius 3 is 2.27 bits per heavy atom. The molecular formula is C24H28N4O3S2. The van der Waals surface area contributed by atoms with E-state index in [-0.39, 0.29) is 10.8 Å². The minimum absolute atomic E-state index is 0.197. The average Bonchev–Trinajstić information content (AvgIpc) is 2.80. The van der Waals surface area contributed by atoms with E-state index >= 15 is 0 Å². The molecule has 1 N–H and O–H groups in total. The van der Waals surface area contributed by atoms with Crippen molar-refractivity contribution >= 4 is 33.4 Å². The van der Waals surface area contributed by atoms with Gasteiger partial charge in [0.2, 0.25) is 15.9 Å². The van der Waals surface area contributed by atoms with E-state index in [2.05, 4.69) is 15.3 Å². The summed E-state index contributed by atoms with van der Waals surface area (Å²) in [4.78, 5) is 21.9. The fourth-order valence-electron chi connectivity index (χ4n) is 3.26. The zero-order valence-electron chi connectivity index (χ0n) is 19.1. The Hall–Kier alpha value is -2.75. The zero-order chi connectivity index (χ0) is 24.0. The highest BCUT2D eigenvalue weighted by Gasteiger charge is 2.22. The summed E-state index contributed by atoms with van der Waals surface area (Å²) in [5, 5.41) is 3.14. The number of hydrogen-bond donors (Lipinski definition) is 1. The smallest absolute Gasteiger partial charge is 0.243 e. The van der Waals surface area contributed by atoms with Crippen LogP contribution in [-0.4, -0.2) is 46.9 Å². The van der Waals surface area contributed by atoms with Crippen molar-refractivity contribution in [1.29, 1.82) is 0 Å². The maximum Gasteiger partial charge on any atom is 0.243 e. The minimum atomic E-state index is -3.53. The average molecular weight is 485 g/mol. The van der Waals surface area contributed by atoms with E-state index in [1.54, 1.807) is 32.9 Å². The van der Waals surface area contributed by atoms with Crippen LogP contribution in [0.15, 0.2) is 70.6 Å². The normalized spacial score (nSPS) is 12.5. The lowest BCUT2D eigenvalue weighted by Crippen LogP contribution is -2.30. The molecule has 0 bridgehead atoms. The predicted molar refractivity (Wildman–Crippen MR) is 133 cm³/mol. The molecule has 0 saturated carbocycles. The molecule has 1 amide bonds. The summed E-state index contributed by atoms with van der Waals surface area (Å²) in [5.74, 6) is 0.438. The van der Waals surface area contributed by atoms with Crippen molar-refractivity contribution in [3.05, 3.63) is 66.5 Å². The minimum Gasteiger partial charge on any atom is -0.325 e. The molecule has 1 atom stereocenters. The molecule has 9 heteroatoms. The standard InChI is InChI=1S/C24H28N4O3S2/c1-5-28(6-2)33(30,31)21-14-12-20(13-15-21)27-24(29)17(3)32-23-16-22(25-18(4)26-23)19-10-8-7-9-11-19/h7-17H,5-6H2,1-4H3,(H,27,29). The lowest BCUT2D eigenvalue weighted by Gasteiger charge is -2.18. The number of carbonyl (C=O) groups excluding carboxylic acids is 1. The number of hydrogen-bond acceptors (Lipinski definition) is 6. The van der Waals surface area contributed by atoms with Gasteiger partial charge in [0.05, 0.1) is 15.8 Å². The number of nitrogens with one attached hydrogen (secondary N) is 1. The van der Waals surface area contributed by atoms with E-state index < -0.39 is 15.3 Å². The first kappa shape index (κ1) is 24.9. The van der Waals surface area contributed by atoms with Crippen LogP contribution in [-0.2, 0) is 14.8 Å². The Balaban J connectivity index is 1.69. The predicted octanol–water partition coefficient (Wildman–Crippen LogP) is 4.60. The Morgan fingerprint density at radius 1 is 1.03 bits per heavy atom. The van der Waals surface area contributed by atoms with Gasteiger partial charge in [0.1, 0.15) is 10.9 Å². The van der Waals surface area contributed by atoms with Crippen LogP contribution in [0.25, 0.3) is 11.3 Å². The third-order valence-corrected chi connectivity index (χ3v) is 8.10. The molecule has 0 radical (unpaired) electrons. The molecule has 174 valence electrons. The molecule has 0 saturated heterocycles. The second-order valence-electron chi connectivity index (χ2n) is 7.37. The van der Waals surface area contributed by atoms with Crippen LogP contribution in [0, 0.1) is 6.92 Å². The van der Waals surface area contributed by atoms with Crippen LogP contribution >= 0.6 is 11.8 Å². The third-order valence-electron chi connectivity index (χ3n) is 5.02. The summed E-state index contributed by atoms with van der Waals surface area (Å²) < 4.78 is 26.6. The third kappa shape index (κ3) is 6.19. The van der Waals surface area contributed by atoms with Crippen molar-refractivity contribution in [2.75, 3.05) is 18.4 Å². The van der Waals surface area contributed by atoms with E-state index in [4.69, 9.17) is 0 Å². The van der Waals surface area contributed by atoms with Crippen LogP contribution in [0.3, 0.4) is 0 Å². The summed E-state index contributed by atoms with van der Waals surface area (Å²) >= 11 is 1.35. The molecule has 0 fully saturated rings. The first-order valence-corrected chi connectivity index (χ1v) is 13.1. The number of sulfonamides is 1. The number of benzene rings is 2. The van der Waals surface area contributed by atoms with Gasteiger partial charge in [0.25, 0.3) is 0 Å². The van der Waals surface area contributed by atoms with Gasteiger partial charge in [-0.05, 0) is 44.2 Å². The lowest BCUT2D eigenvalue weighted by atomic mass is 10.1. The molecular weight excluding hydrogens is 456 g/mol. The topological polar surface area (TPSA) is 92.3 Å². The highest BCUT2D eigenvalue weighted by molar-refractivity contribution is 8.00. The zero-order valence-corrected chi connectivity index (χ0v) is 20.8. The monoisotopic (exact) mass is 484 g/mol. The largest absolute Gasteiger partial charge is 0.325 e. The number of aryl methyl sites for hydroxylation is 1. The highest BCUT2D eigenvalue weighted by Crippen LogP contribution is 2.27. The van der Waals surface area contributed by atoms with Crippen LogP contribution in [0.4, 0.5) is 5.69 Å². The molecule has 1 unspecified atom stereocenters. The van der Waals surface area contributed by atoms with E-state index in [1.807, 2.05) is 43.3 Å². The highest BCUT2D eigenvalue weighted by atomic mass is 32.2. The number of amides is 1. The van der Waals surface area contributed by atoms with Gasteiger partial charge in [-0.2, -0.15) is 4.31 Å². The summed E-state index contributed by atoms with van der Waals surface area (Å²) in [7, 11) is -3.53. The van der Waals surface area contributed by atoms with Gasteiger partial charge < -0.3 is 5.32 Å². The first-order chi connectivity index (χ1) is 15.7. The molecule has 0 aliphatic rings. The molecule has 33 heavy (non-hydrogen) atoms. The number of carbonyl (C=O) groups is 1. The molecule has 0 aliphatic carbocycles. The van der Waals surface area contributed by atoms with E-state index in [9.17, 15) is 13.2 Å². The lowest BCUT2D eigenvalue weighted by molar-refractivity contribution is -0.115. The Labute approximate surface area is 199 Å². The maximum absolute atomic E-state index is 12.7. The Morgan fingerprint density at radius 2 is 1.67 bits per heavy atom. The van der Waals surface area contributed by atoms with E-state index in [0.717, 1.165) is 11.3 Å². The number of rotatable bonds is 9. The second-order valence-corrected chi connectivity index (χ2v) is 10.7. The van der Waals surface area contributed by atoms with Crippen LogP contribution in [0.1, 0.15) is 26.6 Å². The summed E-state index contributed by atoms with van der Waals surface area (Å²) in [6, 6.07) is 17.9. The van der Waals surface area contributed by atoms with Gasteiger partial charge in [-0.1, -0.05) is 55.9 Å². The van der Waals surface area contributed by atoms with Crippen molar-refractivity contribution in [3.8, 4) is 11.3 Å². The summed E-state index contributed by atoms with van der Waals surface area (Å²) in [5.41, 5.74) is 2.33. The van der Waals surface area contributed by atoms with Crippen molar-refractivity contribution in [1.82, 2.24) is 14.3 Å². The molecule has 3 aromatic rings. The Kier molecular flexibility index (Phi) is 8.23. The van der Waals surface area contributed by atoms with Crippen molar-refractivity contribution in [2.24, 2.45) is 0 Å². The molecule has 3 rings (SSSR count). The molecule has 1 heterocycles. The van der Waals surface area contributed by atoms with E-state index in [1.165, 1.54) is 28.2 Å². The van der Waals surface area contributed by atoms with Crippen LogP contribution in [0.2, 0.25) is 0 Å². The summed E-state index contributed by atoms with van der Waals surface area (Å²) in [6.07, 6.45) is 0. The van der Waals surface area contributed by atoms with E-state index in [0.29, 0.717) is 29.6 Å². The maximum atomic E-state index is 12.7. The van der Waals surface area contributed by atoms with Crippen molar-refractivity contribution in [3.63, 3.8) is 0 Å². The number of aromatic nitrogens is 2. The number of thioether (sulfide) groups is 1. The first-order valence-electron chi connectivity index (χ1n) is 10.7. The van der Waals surface area contributed by atoms with Gasteiger partial charge in [-0.3, -0.25) is 4.79 Å². The fourth-order valence-corrected chi connectivity index (χ4v) is 5.61. The second kappa shape index (κ2) is 10.9. The van der Waals surface area contributed by atoms with Crippen LogP contribution in [0.5, 0.6) is 0 Å². The molecule has 2 aromatic carbocycles. The van der Waals surface area contributed by atoms with Gasteiger partial charge in [-0.15, -0.1) is 0 Å². The van der Waals surface area contributed by atoms with Gasteiger partial charge in [0.15, 0.2) is 0 Å². The van der Waals surface area contributed by atoms with Gasteiger partial charge in [-0.25, -0.2) is 18.4 Å².